The summed E-state index contributed by atoms with van der Waals surface area (Å²) in [4.78, 5) is 0. The van der Waals surface area contributed by atoms with Crippen molar-refractivity contribution in [1.82, 2.24) is 0 Å². The van der Waals surface area contributed by atoms with E-state index < -0.39 is 0 Å². The predicted molar refractivity (Wildman–Crippen MR) is 62.1 cm³/mol. The maximum absolute atomic E-state index is 2.36. The lowest BCUT2D eigenvalue weighted by Crippen LogP contribution is -1.99. The van der Waals surface area contributed by atoms with Gasteiger partial charge in [-0.3, -0.25) is 0 Å². The van der Waals surface area contributed by atoms with Crippen LogP contribution in [0.4, 0.5) is 0 Å². The summed E-state index contributed by atoms with van der Waals surface area (Å²) in [5.41, 5.74) is 0. The molecule has 0 heteroatoms. The van der Waals surface area contributed by atoms with Gasteiger partial charge in [-0.2, -0.15) is 0 Å². The lowest BCUT2D eigenvalue weighted by molar-refractivity contribution is 0.385. The third-order valence-electron chi connectivity index (χ3n) is 3.65. The minimum absolute atomic E-state index is 0.810. The van der Waals surface area contributed by atoms with Gasteiger partial charge in [-0.25, -0.2) is 0 Å². The van der Waals surface area contributed by atoms with Crippen LogP contribution in [0.3, 0.4) is 0 Å². The van der Waals surface area contributed by atoms with Crippen LogP contribution in [-0.2, 0) is 0 Å². The number of fused-ring (bicyclic) bond motifs is 2. The monoisotopic (exact) mass is 190 g/mol. The van der Waals surface area contributed by atoms with E-state index in [0.29, 0.717) is 0 Å². The Morgan fingerprint density at radius 2 is 1.29 bits per heavy atom. The Labute approximate surface area is 88.1 Å². The Hall–Kier alpha value is -0.520. The highest BCUT2D eigenvalue weighted by molar-refractivity contribution is 5.21. The van der Waals surface area contributed by atoms with Gasteiger partial charge < -0.3 is 0 Å². The van der Waals surface area contributed by atoms with E-state index in [9.17, 15) is 0 Å². The molecule has 0 spiro atoms. The molecule has 0 amide bonds. The molecule has 0 saturated heterocycles. The third kappa shape index (κ3) is 2.73. The maximum Gasteiger partial charge on any atom is -0.00445 e. The summed E-state index contributed by atoms with van der Waals surface area (Å²) in [5.74, 6) is 2.66. The van der Waals surface area contributed by atoms with E-state index in [1.54, 1.807) is 0 Å². The van der Waals surface area contributed by atoms with E-state index >= 15 is 0 Å². The zero-order valence-electron chi connectivity index (χ0n) is 9.28. The summed E-state index contributed by atoms with van der Waals surface area (Å²) in [6.07, 6.45) is 18.0. The molecule has 0 aromatic carbocycles. The summed E-state index contributed by atoms with van der Waals surface area (Å²) >= 11 is 0. The molecule has 0 radical (unpaired) electrons. The van der Waals surface area contributed by atoms with Crippen molar-refractivity contribution in [2.45, 2.75) is 45.4 Å². The van der Waals surface area contributed by atoms with E-state index in [0.717, 1.165) is 17.8 Å². The van der Waals surface area contributed by atoms with Crippen LogP contribution in [0.15, 0.2) is 24.3 Å². The molecular formula is C14H22. The van der Waals surface area contributed by atoms with Gasteiger partial charge in [-0.1, -0.05) is 63.3 Å². The van der Waals surface area contributed by atoms with Crippen molar-refractivity contribution in [3.05, 3.63) is 24.3 Å². The van der Waals surface area contributed by atoms with Crippen LogP contribution in [0.1, 0.15) is 45.4 Å². The Kier molecular flexibility index (Phi) is 3.44. The summed E-state index contributed by atoms with van der Waals surface area (Å²) in [7, 11) is 0. The summed E-state index contributed by atoms with van der Waals surface area (Å²) in [5, 5.41) is 0. The van der Waals surface area contributed by atoms with E-state index in [2.05, 4.69) is 31.2 Å². The molecule has 2 bridgehead atoms. The predicted octanol–water partition coefficient (Wildman–Crippen LogP) is 4.34. The molecule has 0 aromatic rings. The number of hydrogen-bond donors (Lipinski definition) is 0. The Bertz CT molecular complexity index is 190. The number of allylic oxidation sites excluding steroid dienone is 4. The van der Waals surface area contributed by atoms with Crippen molar-refractivity contribution in [2.75, 3.05) is 0 Å². The van der Waals surface area contributed by atoms with Gasteiger partial charge in [0.1, 0.15) is 0 Å². The van der Waals surface area contributed by atoms with E-state index in [1.165, 1.54) is 38.5 Å². The first-order valence-corrected chi connectivity index (χ1v) is 6.21. The second kappa shape index (κ2) is 4.82. The van der Waals surface area contributed by atoms with Gasteiger partial charge >= 0.3 is 0 Å². The fraction of sp³-hybridized carbons (Fsp3) is 0.714. The molecule has 0 atom stereocenters. The first-order valence-electron chi connectivity index (χ1n) is 6.21. The van der Waals surface area contributed by atoms with Gasteiger partial charge in [0.25, 0.3) is 0 Å². The minimum Gasteiger partial charge on any atom is -0.0810 e. The molecule has 78 valence electrons. The highest BCUT2D eigenvalue weighted by Gasteiger charge is 2.19. The lowest BCUT2D eigenvalue weighted by Gasteiger charge is -2.15. The van der Waals surface area contributed by atoms with Crippen molar-refractivity contribution in [3.63, 3.8) is 0 Å². The highest BCUT2D eigenvalue weighted by Crippen LogP contribution is 2.31. The molecule has 1 fully saturated rings. The summed E-state index contributed by atoms with van der Waals surface area (Å²) in [6.45, 7) is 2.36. The highest BCUT2D eigenvalue weighted by atomic mass is 14.2. The molecule has 0 heterocycles. The molecule has 1 saturated carbocycles. The fourth-order valence-electron chi connectivity index (χ4n) is 2.63. The van der Waals surface area contributed by atoms with E-state index in [4.69, 9.17) is 0 Å². The third-order valence-corrected chi connectivity index (χ3v) is 3.65. The van der Waals surface area contributed by atoms with E-state index in [-0.39, 0.29) is 0 Å². The molecule has 3 aliphatic carbocycles. The summed E-state index contributed by atoms with van der Waals surface area (Å²) < 4.78 is 0. The smallest absolute Gasteiger partial charge is 0.00445 e. The van der Waals surface area contributed by atoms with Crippen LogP contribution in [0, 0.1) is 17.8 Å². The second-order valence-corrected chi connectivity index (χ2v) is 5.08. The normalized spacial score (nSPS) is 34.4. The van der Waals surface area contributed by atoms with Crippen molar-refractivity contribution in [2.24, 2.45) is 17.8 Å². The quantitative estimate of drug-likeness (QED) is 0.499. The van der Waals surface area contributed by atoms with Crippen molar-refractivity contribution >= 4 is 0 Å². The summed E-state index contributed by atoms with van der Waals surface area (Å²) in [6, 6.07) is 0. The molecule has 0 aliphatic heterocycles. The van der Waals surface area contributed by atoms with Gasteiger partial charge in [0.15, 0.2) is 0 Å². The second-order valence-electron chi connectivity index (χ2n) is 5.08. The molecule has 3 aliphatic rings. The molecule has 0 N–H and O–H groups in total. The molecule has 0 aromatic heterocycles. The molecule has 3 rings (SSSR count). The van der Waals surface area contributed by atoms with Gasteiger partial charge in [0.2, 0.25) is 0 Å². The Morgan fingerprint density at radius 3 is 1.50 bits per heavy atom. The van der Waals surface area contributed by atoms with Crippen molar-refractivity contribution < 1.29 is 0 Å². The molecule has 14 heavy (non-hydrogen) atoms. The van der Waals surface area contributed by atoms with Gasteiger partial charge in [0.05, 0.1) is 0 Å². The lowest BCUT2D eigenvalue weighted by atomic mass is 9.91. The zero-order chi connectivity index (χ0) is 9.80. The molecule has 0 nitrogen and oxygen atoms in total. The van der Waals surface area contributed by atoms with Crippen LogP contribution in [-0.4, -0.2) is 0 Å². The van der Waals surface area contributed by atoms with Crippen LogP contribution < -0.4 is 0 Å². The first-order chi connectivity index (χ1) is 6.84. The van der Waals surface area contributed by atoms with E-state index in [1.807, 2.05) is 0 Å². The first kappa shape index (κ1) is 10.0. The van der Waals surface area contributed by atoms with Crippen LogP contribution >= 0.6 is 0 Å². The largest absolute Gasteiger partial charge is 0.0810 e. The number of hydrogen-bond acceptors (Lipinski definition) is 0. The fourth-order valence-corrected chi connectivity index (χ4v) is 2.63. The average molecular weight is 190 g/mol. The van der Waals surface area contributed by atoms with Crippen LogP contribution in [0.5, 0.6) is 0 Å². The van der Waals surface area contributed by atoms with Gasteiger partial charge in [-0.15, -0.1) is 0 Å². The number of rotatable bonds is 0. The Morgan fingerprint density at radius 1 is 0.786 bits per heavy atom. The molecule has 0 unspecified atom stereocenters. The minimum atomic E-state index is 0.810. The maximum atomic E-state index is 2.36. The Balaban J connectivity index is 0.000000107. The SMILES string of the molecule is C1=CC2C=CC1C2.CC1CCCCC1. The van der Waals surface area contributed by atoms with Crippen molar-refractivity contribution in [3.8, 4) is 0 Å². The van der Waals surface area contributed by atoms with Gasteiger partial charge in [0, 0.05) is 0 Å². The average Bonchev–Trinajstić information content (AvgIpc) is 2.83. The van der Waals surface area contributed by atoms with Crippen LogP contribution in [0.25, 0.3) is 0 Å². The van der Waals surface area contributed by atoms with Crippen LogP contribution in [0.2, 0.25) is 0 Å². The zero-order valence-corrected chi connectivity index (χ0v) is 9.28. The topological polar surface area (TPSA) is 0 Å². The molecular weight excluding hydrogens is 168 g/mol. The van der Waals surface area contributed by atoms with Gasteiger partial charge in [-0.05, 0) is 24.2 Å². The van der Waals surface area contributed by atoms with Crippen molar-refractivity contribution in [1.29, 1.82) is 0 Å². The standard InChI is InChI=1S/C7H8.C7H14/c1-2-7-4-3-6(1)5-7;1-7-5-3-2-4-6-7/h1-4,6-7H,5H2;7H,2-6H2,1H3.